The summed E-state index contributed by atoms with van der Waals surface area (Å²) in [6.07, 6.45) is 0.478. The van der Waals surface area contributed by atoms with Crippen LogP contribution < -0.4 is 0 Å². The van der Waals surface area contributed by atoms with Gasteiger partial charge >= 0.3 is 0 Å². The van der Waals surface area contributed by atoms with Crippen LogP contribution in [0.4, 0.5) is 0 Å². The van der Waals surface area contributed by atoms with Crippen LogP contribution in [-0.2, 0) is 6.54 Å². The molecule has 3 nitrogen and oxygen atoms in total. The van der Waals surface area contributed by atoms with Crippen molar-refractivity contribution in [2.45, 2.75) is 19.9 Å². The number of Topliss-reactive ketones (excluding diaryl/α,β-unsaturated/α-hetero) is 1. The summed E-state index contributed by atoms with van der Waals surface area (Å²) in [5.41, 5.74) is 4.83. The van der Waals surface area contributed by atoms with Crippen LogP contribution in [0.2, 0.25) is 0 Å². The monoisotopic (exact) mass is 340 g/mol. The number of benzene rings is 3. The van der Waals surface area contributed by atoms with E-state index in [1.807, 2.05) is 60.1 Å². The summed E-state index contributed by atoms with van der Waals surface area (Å²) in [5.74, 6) is 0.125. The number of fused-ring (bicyclic) bond motifs is 1. The third-order valence-electron chi connectivity index (χ3n) is 4.61. The molecule has 0 N–H and O–H groups in total. The SMILES string of the molecule is CCC(=O)c1cccc2c(-c3ccccc3)n(Cc3ccccc3)nc12. The molecule has 4 rings (SSSR count). The highest BCUT2D eigenvalue weighted by Gasteiger charge is 2.18. The van der Waals surface area contributed by atoms with Gasteiger partial charge in [-0.3, -0.25) is 9.48 Å². The summed E-state index contributed by atoms with van der Waals surface area (Å²) in [4.78, 5) is 12.4. The Hall–Kier alpha value is -3.20. The van der Waals surface area contributed by atoms with Crippen molar-refractivity contribution in [2.75, 3.05) is 0 Å². The Morgan fingerprint density at radius 3 is 2.27 bits per heavy atom. The number of ketones is 1. The number of nitrogens with zero attached hydrogens (tertiary/aromatic N) is 2. The second-order valence-corrected chi connectivity index (χ2v) is 6.34. The van der Waals surface area contributed by atoms with Gasteiger partial charge in [0, 0.05) is 22.9 Å². The molecule has 0 fully saturated rings. The molecule has 1 heterocycles. The van der Waals surface area contributed by atoms with Crippen molar-refractivity contribution in [3.63, 3.8) is 0 Å². The molecule has 3 heteroatoms. The lowest BCUT2D eigenvalue weighted by Gasteiger charge is -2.08. The number of hydrogen-bond acceptors (Lipinski definition) is 2. The van der Waals surface area contributed by atoms with E-state index in [1.54, 1.807) is 0 Å². The minimum absolute atomic E-state index is 0.125. The van der Waals surface area contributed by atoms with E-state index < -0.39 is 0 Å². The fourth-order valence-corrected chi connectivity index (χ4v) is 3.34. The number of carbonyl (C=O) groups excluding carboxylic acids is 1. The first-order valence-corrected chi connectivity index (χ1v) is 8.90. The number of aromatic nitrogens is 2. The van der Waals surface area contributed by atoms with Crippen molar-refractivity contribution in [1.82, 2.24) is 9.78 Å². The van der Waals surface area contributed by atoms with Crippen LogP contribution >= 0.6 is 0 Å². The van der Waals surface area contributed by atoms with Gasteiger partial charge in [-0.1, -0.05) is 79.7 Å². The van der Waals surface area contributed by atoms with E-state index in [2.05, 4.69) is 30.3 Å². The van der Waals surface area contributed by atoms with Crippen molar-refractivity contribution >= 4 is 16.7 Å². The molecule has 0 saturated heterocycles. The van der Waals surface area contributed by atoms with Crippen LogP contribution in [0, 0.1) is 0 Å². The molecule has 0 aliphatic heterocycles. The molecule has 0 unspecified atom stereocenters. The Morgan fingerprint density at radius 1 is 0.885 bits per heavy atom. The summed E-state index contributed by atoms with van der Waals surface area (Å²) < 4.78 is 2.02. The Morgan fingerprint density at radius 2 is 1.58 bits per heavy atom. The summed E-state index contributed by atoms with van der Waals surface area (Å²) in [6.45, 7) is 2.56. The first-order valence-electron chi connectivity index (χ1n) is 8.90. The van der Waals surface area contributed by atoms with Crippen LogP contribution in [0.15, 0.2) is 78.9 Å². The van der Waals surface area contributed by atoms with Crippen LogP contribution in [0.5, 0.6) is 0 Å². The van der Waals surface area contributed by atoms with Gasteiger partial charge < -0.3 is 0 Å². The minimum atomic E-state index is 0.125. The molecule has 3 aromatic carbocycles. The third-order valence-corrected chi connectivity index (χ3v) is 4.61. The van der Waals surface area contributed by atoms with Gasteiger partial charge in [0.2, 0.25) is 0 Å². The van der Waals surface area contributed by atoms with Crippen molar-refractivity contribution in [2.24, 2.45) is 0 Å². The zero-order valence-electron chi connectivity index (χ0n) is 14.7. The molecule has 0 spiro atoms. The fraction of sp³-hybridized carbons (Fsp3) is 0.130. The summed E-state index contributed by atoms with van der Waals surface area (Å²) >= 11 is 0. The van der Waals surface area contributed by atoms with Crippen LogP contribution in [0.3, 0.4) is 0 Å². The Kier molecular flexibility index (Phi) is 4.36. The van der Waals surface area contributed by atoms with E-state index in [-0.39, 0.29) is 5.78 Å². The van der Waals surface area contributed by atoms with E-state index in [9.17, 15) is 4.79 Å². The van der Waals surface area contributed by atoms with E-state index >= 15 is 0 Å². The number of hydrogen-bond donors (Lipinski definition) is 0. The smallest absolute Gasteiger partial charge is 0.164 e. The van der Waals surface area contributed by atoms with Gasteiger partial charge in [0.05, 0.1) is 12.2 Å². The van der Waals surface area contributed by atoms with E-state index in [4.69, 9.17) is 5.10 Å². The van der Waals surface area contributed by atoms with Gasteiger partial charge in [0.1, 0.15) is 5.52 Å². The largest absolute Gasteiger partial charge is 0.294 e. The zero-order valence-corrected chi connectivity index (χ0v) is 14.7. The number of rotatable bonds is 5. The topological polar surface area (TPSA) is 34.9 Å². The predicted octanol–water partition coefficient (Wildman–Crippen LogP) is 5.34. The van der Waals surface area contributed by atoms with Crippen LogP contribution in [0.25, 0.3) is 22.2 Å². The van der Waals surface area contributed by atoms with Crippen molar-refractivity contribution in [1.29, 1.82) is 0 Å². The van der Waals surface area contributed by atoms with Gasteiger partial charge in [0.25, 0.3) is 0 Å². The van der Waals surface area contributed by atoms with E-state index in [1.165, 1.54) is 5.56 Å². The Bertz CT molecular complexity index is 1050. The first-order chi connectivity index (χ1) is 12.8. The molecule has 0 atom stereocenters. The summed E-state index contributed by atoms with van der Waals surface area (Å²) in [6, 6.07) is 26.4. The average molecular weight is 340 g/mol. The molecule has 26 heavy (non-hydrogen) atoms. The average Bonchev–Trinajstić information content (AvgIpc) is 3.06. The molecule has 0 saturated carbocycles. The summed E-state index contributed by atoms with van der Waals surface area (Å²) in [7, 11) is 0. The maximum absolute atomic E-state index is 12.4. The van der Waals surface area contributed by atoms with E-state index in [0.29, 0.717) is 18.5 Å². The van der Waals surface area contributed by atoms with Gasteiger partial charge in [-0.15, -0.1) is 0 Å². The maximum atomic E-state index is 12.4. The molecule has 128 valence electrons. The molecule has 0 aliphatic carbocycles. The highest BCUT2D eigenvalue weighted by molar-refractivity contribution is 6.09. The summed E-state index contributed by atoms with van der Waals surface area (Å²) in [5, 5.41) is 5.87. The minimum Gasteiger partial charge on any atom is -0.294 e. The molecule has 0 radical (unpaired) electrons. The lowest BCUT2D eigenvalue weighted by atomic mass is 10.0. The lowest BCUT2D eigenvalue weighted by Crippen LogP contribution is -2.04. The Labute approximate surface area is 152 Å². The highest BCUT2D eigenvalue weighted by atomic mass is 16.1. The van der Waals surface area contributed by atoms with Crippen LogP contribution in [0.1, 0.15) is 29.3 Å². The zero-order chi connectivity index (χ0) is 17.9. The molecule has 0 bridgehead atoms. The maximum Gasteiger partial charge on any atom is 0.164 e. The fourth-order valence-electron chi connectivity index (χ4n) is 3.34. The first kappa shape index (κ1) is 16.3. The molecular formula is C23H20N2O. The second kappa shape index (κ2) is 6.96. The predicted molar refractivity (Wildman–Crippen MR) is 105 cm³/mol. The third kappa shape index (κ3) is 2.93. The van der Waals surface area contributed by atoms with Gasteiger partial charge in [0.15, 0.2) is 5.78 Å². The molecular weight excluding hydrogens is 320 g/mol. The highest BCUT2D eigenvalue weighted by Crippen LogP contribution is 2.31. The van der Waals surface area contributed by atoms with Crippen molar-refractivity contribution in [3.05, 3.63) is 90.0 Å². The van der Waals surface area contributed by atoms with Gasteiger partial charge in [-0.25, -0.2) is 0 Å². The standard InChI is InChI=1S/C23H20N2O/c1-2-21(26)19-14-9-15-20-22(19)24-25(16-17-10-5-3-6-11-17)23(20)18-12-7-4-8-13-18/h3-15H,2,16H2,1H3. The second-order valence-electron chi connectivity index (χ2n) is 6.34. The molecule has 0 aliphatic rings. The number of carbonyl (C=O) groups is 1. The normalized spacial score (nSPS) is 11.0. The molecule has 1 aromatic heterocycles. The molecule has 0 amide bonds. The van der Waals surface area contributed by atoms with Crippen molar-refractivity contribution < 1.29 is 4.79 Å². The van der Waals surface area contributed by atoms with Gasteiger partial charge in [-0.2, -0.15) is 5.10 Å². The lowest BCUT2D eigenvalue weighted by molar-refractivity contribution is 0.0989. The van der Waals surface area contributed by atoms with Crippen LogP contribution in [-0.4, -0.2) is 15.6 Å². The van der Waals surface area contributed by atoms with Crippen molar-refractivity contribution in [3.8, 4) is 11.3 Å². The Balaban J connectivity index is 1.95. The van der Waals surface area contributed by atoms with Gasteiger partial charge in [-0.05, 0) is 11.6 Å². The molecule has 4 aromatic rings. The van der Waals surface area contributed by atoms with E-state index in [0.717, 1.165) is 22.2 Å². The quantitative estimate of drug-likeness (QED) is 0.459.